The van der Waals surface area contributed by atoms with Crippen LogP contribution in [0.1, 0.15) is 38.3 Å². The zero-order chi connectivity index (χ0) is 8.43. The number of phenolic OH excluding ortho intramolecular Hbond substituents is 1. The topological polar surface area (TPSA) is 20.2 Å². The Bertz CT molecular complexity index is 251. The molecule has 0 aliphatic rings. The Morgan fingerprint density at radius 2 is 1.83 bits per heavy atom. The molecule has 0 aromatic heterocycles. The molecule has 0 radical (unpaired) electrons. The number of aromatic hydroxyl groups is 1. The largest absolute Gasteiger partial charge is 0.508 e. The molecule has 0 saturated heterocycles. The van der Waals surface area contributed by atoms with E-state index >= 15 is 0 Å². The van der Waals surface area contributed by atoms with Gasteiger partial charge in [-0.15, -0.1) is 0 Å². The summed E-state index contributed by atoms with van der Waals surface area (Å²) in [5, 5.41) is 9.35. The van der Waals surface area contributed by atoms with Crippen LogP contribution in [0.15, 0.2) is 18.2 Å². The highest BCUT2D eigenvalue weighted by atomic mass is 16.3. The standard InChI is InChI=1S/C10H14O.CH4/c1-7(2)9-5-4-6-10(11)8(9)3;/h4-7,11H,1-3H3;1H4. The molecule has 1 rings (SSSR count). The molecule has 1 aromatic carbocycles. The SMILES string of the molecule is C.Cc1c(O)cccc1C(C)C. The fraction of sp³-hybridized carbons (Fsp3) is 0.455. The highest BCUT2D eigenvalue weighted by Crippen LogP contribution is 2.25. The molecular formula is C11H18O. The van der Waals surface area contributed by atoms with Crippen LogP contribution in [0.3, 0.4) is 0 Å². The molecule has 0 unspecified atom stereocenters. The van der Waals surface area contributed by atoms with Gasteiger partial charge in [-0.1, -0.05) is 33.4 Å². The van der Waals surface area contributed by atoms with Gasteiger partial charge in [0, 0.05) is 0 Å². The van der Waals surface area contributed by atoms with Crippen LogP contribution in [-0.4, -0.2) is 5.11 Å². The first kappa shape index (κ1) is 11.0. The van der Waals surface area contributed by atoms with Crippen molar-refractivity contribution >= 4 is 0 Å². The normalized spacial score (nSPS) is 9.67. The summed E-state index contributed by atoms with van der Waals surface area (Å²) in [7, 11) is 0. The van der Waals surface area contributed by atoms with E-state index in [0.717, 1.165) is 5.56 Å². The van der Waals surface area contributed by atoms with Crippen molar-refractivity contribution in [2.75, 3.05) is 0 Å². The van der Waals surface area contributed by atoms with Crippen LogP contribution in [0, 0.1) is 6.92 Å². The lowest BCUT2D eigenvalue weighted by atomic mass is 9.98. The van der Waals surface area contributed by atoms with E-state index in [0.29, 0.717) is 11.7 Å². The van der Waals surface area contributed by atoms with Crippen molar-refractivity contribution in [3.8, 4) is 5.75 Å². The van der Waals surface area contributed by atoms with Gasteiger partial charge in [0.1, 0.15) is 5.75 Å². The average molecular weight is 166 g/mol. The zero-order valence-corrected chi connectivity index (χ0v) is 7.26. The molecule has 1 heteroatoms. The molecule has 0 fully saturated rings. The number of hydrogen-bond donors (Lipinski definition) is 1. The summed E-state index contributed by atoms with van der Waals surface area (Å²) in [5.41, 5.74) is 2.23. The Morgan fingerprint density at radius 3 is 2.25 bits per heavy atom. The first-order valence-electron chi connectivity index (χ1n) is 3.91. The number of hydrogen-bond acceptors (Lipinski definition) is 1. The van der Waals surface area contributed by atoms with Crippen molar-refractivity contribution in [3.63, 3.8) is 0 Å². The third-order valence-electron chi connectivity index (χ3n) is 1.97. The summed E-state index contributed by atoms with van der Waals surface area (Å²) < 4.78 is 0. The van der Waals surface area contributed by atoms with Crippen LogP contribution in [0.25, 0.3) is 0 Å². The Hall–Kier alpha value is -0.980. The Balaban J connectivity index is 0.00000121. The van der Waals surface area contributed by atoms with Gasteiger partial charge in [0.05, 0.1) is 0 Å². The van der Waals surface area contributed by atoms with Crippen molar-refractivity contribution in [1.82, 2.24) is 0 Å². The minimum absolute atomic E-state index is 0. The van der Waals surface area contributed by atoms with Crippen LogP contribution in [-0.2, 0) is 0 Å². The molecule has 0 aliphatic carbocycles. The van der Waals surface area contributed by atoms with E-state index in [1.165, 1.54) is 5.56 Å². The monoisotopic (exact) mass is 166 g/mol. The third kappa shape index (κ3) is 2.00. The van der Waals surface area contributed by atoms with Crippen molar-refractivity contribution in [2.24, 2.45) is 0 Å². The molecule has 68 valence electrons. The fourth-order valence-corrected chi connectivity index (χ4v) is 1.27. The van der Waals surface area contributed by atoms with Gasteiger partial charge < -0.3 is 5.11 Å². The predicted molar refractivity (Wildman–Crippen MR) is 53.7 cm³/mol. The molecule has 0 aliphatic heterocycles. The fourth-order valence-electron chi connectivity index (χ4n) is 1.27. The highest BCUT2D eigenvalue weighted by molar-refractivity contribution is 5.39. The lowest BCUT2D eigenvalue weighted by molar-refractivity contribution is 0.469. The number of rotatable bonds is 1. The second-order valence-corrected chi connectivity index (χ2v) is 3.15. The van der Waals surface area contributed by atoms with Crippen molar-refractivity contribution < 1.29 is 5.11 Å². The van der Waals surface area contributed by atoms with Crippen molar-refractivity contribution in [2.45, 2.75) is 34.1 Å². The molecule has 0 amide bonds. The summed E-state index contributed by atoms with van der Waals surface area (Å²) in [6.07, 6.45) is 0. The molecule has 0 atom stereocenters. The van der Waals surface area contributed by atoms with Crippen LogP contribution < -0.4 is 0 Å². The third-order valence-corrected chi connectivity index (χ3v) is 1.97. The quantitative estimate of drug-likeness (QED) is 0.677. The second kappa shape index (κ2) is 4.15. The van der Waals surface area contributed by atoms with Gasteiger partial charge in [-0.2, -0.15) is 0 Å². The summed E-state index contributed by atoms with van der Waals surface area (Å²) in [6.45, 7) is 6.20. The summed E-state index contributed by atoms with van der Waals surface area (Å²) in [4.78, 5) is 0. The van der Waals surface area contributed by atoms with E-state index in [1.54, 1.807) is 6.07 Å². The molecule has 0 saturated carbocycles. The number of phenols is 1. The Labute approximate surface area is 75.1 Å². The number of benzene rings is 1. The Kier molecular flexibility index (Phi) is 3.81. The summed E-state index contributed by atoms with van der Waals surface area (Å²) >= 11 is 0. The minimum atomic E-state index is 0. The highest BCUT2D eigenvalue weighted by Gasteiger charge is 2.04. The zero-order valence-electron chi connectivity index (χ0n) is 7.26. The molecule has 0 spiro atoms. The van der Waals surface area contributed by atoms with E-state index in [9.17, 15) is 5.11 Å². The average Bonchev–Trinajstić information content (AvgIpc) is 1.94. The van der Waals surface area contributed by atoms with E-state index in [1.807, 2.05) is 13.0 Å². The first-order valence-corrected chi connectivity index (χ1v) is 3.91. The lowest BCUT2D eigenvalue weighted by Gasteiger charge is -2.09. The van der Waals surface area contributed by atoms with E-state index in [-0.39, 0.29) is 7.43 Å². The minimum Gasteiger partial charge on any atom is -0.508 e. The van der Waals surface area contributed by atoms with Gasteiger partial charge in [-0.3, -0.25) is 0 Å². The van der Waals surface area contributed by atoms with E-state index in [2.05, 4.69) is 19.9 Å². The molecule has 1 nitrogen and oxygen atoms in total. The molecule has 0 bridgehead atoms. The van der Waals surface area contributed by atoms with Crippen LogP contribution in [0.2, 0.25) is 0 Å². The van der Waals surface area contributed by atoms with Gasteiger partial charge in [0.2, 0.25) is 0 Å². The van der Waals surface area contributed by atoms with Crippen LogP contribution in [0.4, 0.5) is 0 Å². The van der Waals surface area contributed by atoms with Crippen LogP contribution in [0.5, 0.6) is 5.75 Å². The lowest BCUT2D eigenvalue weighted by Crippen LogP contribution is -1.90. The van der Waals surface area contributed by atoms with E-state index in [4.69, 9.17) is 0 Å². The van der Waals surface area contributed by atoms with Gasteiger partial charge in [0.25, 0.3) is 0 Å². The summed E-state index contributed by atoms with van der Waals surface area (Å²) in [6, 6.07) is 5.67. The van der Waals surface area contributed by atoms with E-state index < -0.39 is 0 Å². The van der Waals surface area contributed by atoms with Gasteiger partial charge in [-0.05, 0) is 30.0 Å². The molecule has 1 N–H and O–H groups in total. The van der Waals surface area contributed by atoms with Crippen molar-refractivity contribution in [1.29, 1.82) is 0 Å². The van der Waals surface area contributed by atoms with Gasteiger partial charge in [0.15, 0.2) is 0 Å². The molecule has 12 heavy (non-hydrogen) atoms. The molecule has 0 heterocycles. The van der Waals surface area contributed by atoms with Gasteiger partial charge >= 0.3 is 0 Å². The second-order valence-electron chi connectivity index (χ2n) is 3.15. The Morgan fingerprint density at radius 1 is 1.25 bits per heavy atom. The first-order chi connectivity index (χ1) is 5.13. The maximum atomic E-state index is 9.35. The van der Waals surface area contributed by atoms with Crippen molar-refractivity contribution in [3.05, 3.63) is 29.3 Å². The van der Waals surface area contributed by atoms with Crippen LogP contribution >= 0.6 is 0 Å². The molecule has 1 aromatic rings. The maximum Gasteiger partial charge on any atom is 0.118 e. The van der Waals surface area contributed by atoms with Gasteiger partial charge in [-0.25, -0.2) is 0 Å². The maximum absolute atomic E-state index is 9.35. The molecular weight excluding hydrogens is 148 g/mol. The smallest absolute Gasteiger partial charge is 0.118 e. The summed E-state index contributed by atoms with van der Waals surface area (Å²) in [5.74, 6) is 0.887. The predicted octanol–water partition coefficient (Wildman–Crippen LogP) is 3.46.